The van der Waals surface area contributed by atoms with E-state index in [9.17, 15) is 9.59 Å². The summed E-state index contributed by atoms with van der Waals surface area (Å²) in [6, 6.07) is 3.60. The zero-order valence-electron chi connectivity index (χ0n) is 12.8. The Morgan fingerprint density at radius 3 is 2.83 bits per heavy atom. The molecule has 0 atom stereocenters. The molecule has 122 valence electrons. The summed E-state index contributed by atoms with van der Waals surface area (Å²) in [5, 5.41) is 15.1. The van der Waals surface area contributed by atoms with E-state index in [-0.39, 0.29) is 19.5 Å². The lowest BCUT2D eigenvalue weighted by Crippen LogP contribution is -2.40. The van der Waals surface area contributed by atoms with Crippen molar-refractivity contribution in [1.29, 1.82) is 5.26 Å². The molecule has 9 nitrogen and oxygen atoms in total. The molecule has 0 aliphatic heterocycles. The Labute approximate surface area is 138 Å². The van der Waals surface area contributed by atoms with Gasteiger partial charge >= 0.3 is 11.8 Å². The Balaban J connectivity index is 2.03. The van der Waals surface area contributed by atoms with Crippen LogP contribution in [0.25, 0.3) is 5.95 Å². The summed E-state index contributed by atoms with van der Waals surface area (Å²) in [4.78, 5) is 33.5. The van der Waals surface area contributed by atoms with Gasteiger partial charge in [0.2, 0.25) is 5.95 Å². The molecule has 9 heteroatoms. The van der Waals surface area contributed by atoms with Crippen molar-refractivity contribution < 1.29 is 9.59 Å². The number of nitrogens with one attached hydrogen (secondary N) is 1. The third kappa shape index (κ3) is 4.23. The summed E-state index contributed by atoms with van der Waals surface area (Å²) in [5.41, 5.74) is 0.333. The molecule has 0 fully saturated rings. The second-order valence-electron chi connectivity index (χ2n) is 4.62. The maximum absolute atomic E-state index is 12.1. The predicted molar refractivity (Wildman–Crippen MR) is 84.8 cm³/mol. The molecular formula is C15H15N7O2. The summed E-state index contributed by atoms with van der Waals surface area (Å²) < 4.78 is 1.37. The average molecular weight is 325 g/mol. The van der Waals surface area contributed by atoms with Gasteiger partial charge in [0.05, 0.1) is 30.6 Å². The van der Waals surface area contributed by atoms with E-state index < -0.39 is 11.8 Å². The van der Waals surface area contributed by atoms with E-state index in [1.807, 2.05) is 6.07 Å². The van der Waals surface area contributed by atoms with E-state index in [2.05, 4.69) is 27.0 Å². The third-order valence-electron chi connectivity index (χ3n) is 2.92. The molecule has 0 bridgehead atoms. The quantitative estimate of drug-likeness (QED) is 0.611. The first-order chi connectivity index (χ1) is 11.7. The van der Waals surface area contributed by atoms with Crippen molar-refractivity contribution in [1.82, 2.24) is 24.6 Å². The Hall–Kier alpha value is -3.54. The van der Waals surface area contributed by atoms with Gasteiger partial charge in [-0.1, -0.05) is 6.08 Å². The molecule has 0 radical (unpaired) electrons. The van der Waals surface area contributed by atoms with Crippen LogP contribution in [0, 0.1) is 11.3 Å². The van der Waals surface area contributed by atoms with Crippen LogP contribution in [0.4, 0.5) is 5.69 Å². The highest BCUT2D eigenvalue weighted by Gasteiger charge is 2.21. The highest BCUT2D eigenvalue weighted by Crippen LogP contribution is 2.08. The number of carbonyl (C=O) groups excluding carboxylic acids is 2. The van der Waals surface area contributed by atoms with Gasteiger partial charge in [-0.2, -0.15) is 10.4 Å². The fourth-order valence-electron chi connectivity index (χ4n) is 1.85. The first kappa shape index (κ1) is 16.8. The zero-order valence-corrected chi connectivity index (χ0v) is 12.8. The molecule has 2 aromatic rings. The highest BCUT2D eigenvalue weighted by molar-refractivity contribution is 6.39. The van der Waals surface area contributed by atoms with E-state index in [4.69, 9.17) is 5.26 Å². The van der Waals surface area contributed by atoms with Gasteiger partial charge < -0.3 is 10.2 Å². The molecule has 0 aliphatic carbocycles. The Kier molecular flexibility index (Phi) is 5.74. The van der Waals surface area contributed by atoms with E-state index in [0.717, 1.165) is 0 Å². The fourth-order valence-corrected chi connectivity index (χ4v) is 1.85. The largest absolute Gasteiger partial charge is 0.330 e. The number of hydrogen-bond acceptors (Lipinski definition) is 6. The standard InChI is InChI=1S/C15H15N7O2/c1-2-8-21(9-3-5-16)14(24)13(23)20-12-10-19-22(11-12)15-17-6-4-7-18-15/h2,4,6-7,10-11H,1,3,8-9H2,(H,20,23). The van der Waals surface area contributed by atoms with Crippen molar-refractivity contribution in [3.8, 4) is 12.0 Å². The maximum Gasteiger partial charge on any atom is 0.314 e. The van der Waals surface area contributed by atoms with Gasteiger partial charge in [-0.05, 0) is 6.07 Å². The lowest BCUT2D eigenvalue weighted by Gasteiger charge is -2.18. The molecule has 0 saturated heterocycles. The van der Waals surface area contributed by atoms with E-state index in [1.54, 1.807) is 18.5 Å². The van der Waals surface area contributed by atoms with Crippen molar-refractivity contribution >= 4 is 17.5 Å². The van der Waals surface area contributed by atoms with Gasteiger partial charge in [-0.25, -0.2) is 14.6 Å². The van der Waals surface area contributed by atoms with Gasteiger partial charge in [-0.3, -0.25) is 9.59 Å². The zero-order chi connectivity index (χ0) is 17.4. The Morgan fingerprint density at radius 1 is 1.42 bits per heavy atom. The predicted octanol–water partition coefficient (Wildman–Crippen LogP) is 0.529. The second kappa shape index (κ2) is 8.19. The lowest BCUT2D eigenvalue weighted by atomic mass is 10.3. The molecule has 0 unspecified atom stereocenters. The fraction of sp³-hybridized carbons (Fsp3) is 0.200. The van der Waals surface area contributed by atoms with E-state index >= 15 is 0 Å². The van der Waals surface area contributed by atoms with E-state index in [0.29, 0.717) is 11.6 Å². The molecule has 2 rings (SSSR count). The number of carbonyl (C=O) groups is 2. The lowest BCUT2D eigenvalue weighted by molar-refractivity contribution is -0.142. The summed E-state index contributed by atoms with van der Waals surface area (Å²) in [6.07, 6.45) is 7.63. The van der Waals surface area contributed by atoms with Crippen LogP contribution in [0.1, 0.15) is 6.42 Å². The minimum Gasteiger partial charge on any atom is -0.330 e. The van der Waals surface area contributed by atoms with Crippen molar-refractivity contribution in [3.05, 3.63) is 43.5 Å². The normalized spacial score (nSPS) is 9.79. The first-order valence-corrected chi connectivity index (χ1v) is 7.06. The average Bonchev–Trinajstić information content (AvgIpc) is 3.07. The molecule has 24 heavy (non-hydrogen) atoms. The monoisotopic (exact) mass is 325 g/mol. The molecule has 2 heterocycles. The van der Waals surface area contributed by atoms with Crippen LogP contribution >= 0.6 is 0 Å². The van der Waals surface area contributed by atoms with Crippen LogP contribution in [-0.2, 0) is 9.59 Å². The molecule has 1 N–H and O–H groups in total. The van der Waals surface area contributed by atoms with Crippen molar-refractivity contribution in [2.24, 2.45) is 0 Å². The highest BCUT2D eigenvalue weighted by atomic mass is 16.2. The second-order valence-corrected chi connectivity index (χ2v) is 4.62. The van der Waals surface area contributed by atoms with Gasteiger partial charge in [-0.15, -0.1) is 6.58 Å². The number of amides is 2. The SMILES string of the molecule is C=CCN(CCC#N)C(=O)C(=O)Nc1cnn(-c2ncccn2)c1. The van der Waals surface area contributed by atoms with Crippen molar-refractivity contribution in [3.63, 3.8) is 0 Å². The minimum atomic E-state index is -0.816. The number of anilines is 1. The van der Waals surface area contributed by atoms with Gasteiger partial charge in [0.15, 0.2) is 0 Å². The van der Waals surface area contributed by atoms with Crippen molar-refractivity contribution in [2.45, 2.75) is 6.42 Å². The number of nitriles is 1. The van der Waals surface area contributed by atoms with Crippen LogP contribution < -0.4 is 5.32 Å². The van der Waals surface area contributed by atoms with Crippen molar-refractivity contribution in [2.75, 3.05) is 18.4 Å². The molecule has 0 aliphatic rings. The number of nitrogens with zero attached hydrogens (tertiary/aromatic N) is 6. The summed E-state index contributed by atoms with van der Waals surface area (Å²) in [5.74, 6) is -1.22. The topological polar surface area (TPSA) is 117 Å². The maximum atomic E-state index is 12.1. The van der Waals surface area contributed by atoms with E-state index in [1.165, 1.54) is 28.1 Å². The third-order valence-corrected chi connectivity index (χ3v) is 2.92. The van der Waals surface area contributed by atoms with Gasteiger partial charge in [0.1, 0.15) is 0 Å². The van der Waals surface area contributed by atoms with Crippen LogP contribution in [0.2, 0.25) is 0 Å². The summed E-state index contributed by atoms with van der Waals surface area (Å²) >= 11 is 0. The summed E-state index contributed by atoms with van der Waals surface area (Å²) in [6.45, 7) is 3.88. The summed E-state index contributed by atoms with van der Waals surface area (Å²) in [7, 11) is 0. The molecule has 0 aromatic carbocycles. The molecule has 2 aromatic heterocycles. The van der Waals surface area contributed by atoms with Crippen LogP contribution in [0.15, 0.2) is 43.5 Å². The minimum absolute atomic E-state index is 0.135. The molecular weight excluding hydrogens is 310 g/mol. The van der Waals surface area contributed by atoms with Crippen LogP contribution in [0.5, 0.6) is 0 Å². The van der Waals surface area contributed by atoms with Gasteiger partial charge in [0, 0.05) is 25.5 Å². The number of rotatable bonds is 6. The van der Waals surface area contributed by atoms with Crippen LogP contribution in [-0.4, -0.2) is 49.6 Å². The molecule has 0 saturated carbocycles. The Morgan fingerprint density at radius 2 is 2.17 bits per heavy atom. The first-order valence-electron chi connectivity index (χ1n) is 7.06. The Bertz CT molecular complexity index is 764. The molecule has 0 spiro atoms. The molecule has 2 amide bonds. The number of hydrogen-bond donors (Lipinski definition) is 1. The number of aromatic nitrogens is 4. The smallest absolute Gasteiger partial charge is 0.314 e. The van der Waals surface area contributed by atoms with Crippen LogP contribution in [0.3, 0.4) is 0 Å². The van der Waals surface area contributed by atoms with Gasteiger partial charge in [0.25, 0.3) is 0 Å².